The number of furan rings is 1. The molecular formula is C28H25N5O2. The van der Waals surface area contributed by atoms with Crippen molar-refractivity contribution < 1.29 is 9.21 Å². The molecule has 0 radical (unpaired) electrons. The van der Waals surface area contributed by atoms with Gasteiger partial charge < -0.3 is 14.3 Å². The Morgan fingerprint density at radius 1 is 0.971 bits per heavy atom. The summed E-state index contributed by atoms with van der Waals surface area (Å²) in [4.78, 5) is 18.2. The predicted molar refractivity (Wildman–Crippen MR) is 135 cm³/mol. The van der Waals surface area contributed by atoms with E-state index >= 15 is 0 Å². The number of hydrogen-bond acceptors (Lipinski definition) is 5. The molecule has 7 heteroatoms. The maximum absolute atomic E-state index is 13.5. The van der Waals surface area contributed by atoms with Gasteiger partial charge in [0.05, 0.1) is 11.1 Å². The Balaban J connectivity index is 1.35. The first-order valence-corrected chi connectivity index (χ1v) is 12.0. The number of anilines is 1. The number of benzene rings is 2. The number of carbonyl (C=O) groups is 1. The van der Waals surface area contributed by atoms with Crippen molar-refractivity contribution in [1.29, 1.82) is 0 Å². The lowest BCUT2D eigenvalue weighted by Crippen LogP contribution is -2.13. The number of rotatable bonds is 4. The summed E-state index contributed by atoms with van der Waals surface area (Å²) < 4.78 is 7.98. The number of para-hydroxylation sites is 1. The minimum Gasteiger partial charge on any atom is -0.460 e. The number of nitrogens with zero attached hydrogens (tertiary/aromatic N) is 4. The molecule has 0 aliphatic carbocycles. The summed E-state index contributed by atoms with van der Waals surface area (Å²) in [6.07, 6.45) is 4.43. The van der Waals surface area contributed by atoms with Crippen LogP contribution < -0.4 is 5.32 Å². The van der Waals surface area contributed by atoms with Crippen LogP contribution in [-0.4, -0.2) is 25.7 Å². The van der Waals surface area contributed by atoms with Crippen LogP contribution in [-0.2, 0) is 13.0 Å². The second kappa shape index (κ2) is 8.83. The second-order valence-electron chi connectivity index (χ2n) is 8.92. The van der Waals surface area contributed by atoms with Crippen LogP contribution in [0.1, 0.15) is 41.2 Å². The van der Waals surface area contributed by atoms with Gasteiger partial charge in [-0.15, -0.1) is 10.2 Å². The fourth-order valence-electron chi connectivity index (χ4n) is 4.69. The Bertz CT molecular complexity index is 1550. The average Bonchev–Trinajstić information content (AvgIpc) is 3.42. The number of aromatic nitrogens is 4. The van der Waals surface area contributed by atoms with Crippen molar-refractivity contribution >= 4 is 22.5 Å². The molecule has 5 aromatic rings. The van der Waals surface area contributed by atoms with Crippen LogP contribution in [0.4, 0.5) is 5.69 Å². The first kappa shape index (κ1) is 21.3. The third-order valence-electron chi connectivity index (χ3n) is 6.44. The highest BCUT2D eigenvalue weighted by Crippen LogP contribution is 2.28. The topological polar surface area (TPSA) is 85.8 Å². The molecule has 4 heterocycles. The van der Waals surface area contributed by atoms with Gasteiger partial charge in [0.15, 0.2) is 11.6 Å². The van der Waals surface area contributed by atoms with Crippen LogP contribution >= 0.6 is 0 Å². The Morgan fingerprint density at radius 2 is 1.89 bits per heavy atom. The maximum atomic E-state index is 13.5. The lowest BCUT2D eigenvalue weighted by Gasteiger charge is -2.11. The van der Waals surface area contributed by atoms with Crippen molar-refractivity contribution in [3.8, 4) is 22.8 Å². The number of carbonyl (C=O) groups excluding carboxylic acids is 1. The van der Waals surface area contributed by atoms with E-state index in [4.69, 9.17) is 9.40 Å². The summed E-state index contributed by atoms with van der Waals surface area (Å²) in [5, 5.41) is 12.7. The number of hydrogen-bond donors (Lipinski definition) is 1. The second-order valence-corrected chi connectivity index (χ2v) is 8.92. The molecule has 1 aliphatic heterocycles. The maximum Gasteiger partial charge on any atom is 0.256 e. The van der Waals surface area contributed by atoms with Crippen LogP contribution in [0.25, 0.3) is 33.7 Å². The van der Waals surface area contributed by atoms with Gasteiger partial charge in [0.1, 0.15) is 17.3 Å². The zero-order valence-corrected chi connectivity index (χ0v) is 19.5. The molecule has 0 saturated heterocycles. The van der Waals surface area contributed by atoms with E-state index in [9.17, 15) is 4.79 Å². The van der Waals surface area contributed by atoms with E-state index < -0.39 is 0 Å². The van der Waals surface area contributed by atoms with Gasteiger partial charge in [0, 0.05) is 29.6 Å². The molecule has 3 aromatic heterocycles. The molecule has 1 N–H and O–H groups in total. The van der Waals surface area contributed by atoms with Gasteiger partial charge >= 0.3 is 0 Å². The Morgan fingerprint density at radius 3 is 2.77 bits per heavy atom. The molecule has 35 heavy (non-hydrogen) atoms. The SMILES string of the molecule is Cc1ccc(-c2cc(C(=O)Nc3cccc(-c4nnc5n4CCCCC5)c3)c3ccccc3n2)o1. The third-order valence-corrected chi connectivity index (χ3v) is 6.44. The normalized spacial score (nSPS) is 13.4. The van der Waals surface area contributed by atoms with Gasteiger partial charge in [-0.25, -0.2) is 4.98 Å². The standard InChI is InChI=1S/C28H25N5O2/c1-18-13-14-25(35-18)24-17-22(21-10-4-5-11-23(21)30-24)28(34)29-20-9-7-8-19(16-20)27-32-31-26-12-3-2-6-15-33(26)27/h4-5,7-11,13-14,16-17H,2-3,6,12,15H2,1H3,(H,29,34). The third kappa shape index (κ3) is 4.10. The van der Waals surface area contributed by atoms with Gasteiger partial charge in [-0.1, -0.05) is 36.8 Å². The Hall–Kier alpha value is -4.26. The number of amides is 1. The monoisotopic (exact) mass is 463 g/mol. The molecular weight excluding hydrogens is 438 g/mol. The van der Waals surface area contributed by atoms with Crippen molar-refractivity contribution in [1.82, 2.24) is 19.7 Å². The number of pyridine rings is 1. The minimum atomic E-state index is -0.203. The predicted octanol–water partition coefficient (Wildman–Crippen LogP) is 6.04. The first-order chi connectivity index (χ1) is 17.2. The molecule has 6 rings (SSSR count). The molecule has 7 nitrogen and oxygen atoms in total. The molecule has 174 valence electrons. The first-order valence-electron chi connectivity index (χ1n) is 12.0. The highest BCUT2D eigenvalue weighted by Gasteiger charge is 2.18. The van der Waals surface area contributed by atoms with Crippen molar-refractivity contribution in [3.05, 3.63) is 83.9 Å². The summed E-state index contributed by atoms with van der Waals surface area (Å²) >= 11 is 0. The van der Waals surface area contributed by atoms with Gasteiger partial charge in [-0.2, -0.15) is 0 Å². The highest BCUT2D eigenvalue weighted by atomic mass is 16.3. The molecule has 0 unspecified atom stereocenters. The van der Waals surface area contributed by atoms with Gasteiger partial charge in [-0.05, 0) is 56.2 Å². The van der Waals surface area contributed by atoms with E-state index in [-0.39, 0.29) is 5.91 Å². The Kier molecular flexibility index (Phi) is 5.37. The number of fused-ring (bicyclic) bond motifs is 2. The summed E-state index contributed by atoms with van der Waals surface area (Å²) in [5.74, 6) is 3.12. The van der Waals surface area contributed by atoms with Gasteiger partial charge in [0.25, 0.3) is 5.91 Å². The molecule has 0 spiro atoms. The lowest BCUT2D eigenvalue weighted by atomic mass is 10.1. The summed E-state index contributed by atoms with van der Waals surface area (Å²) in [5.41, 5.74) is 3.55. The summed E-state index contributed by atoms with van der Waals surface area (Å²) in [7, 11) is 0. The zero-order chi connectivity index (χ0) is 23.8. The van der Waals surface area contributed by atoms with E-state index in [0.29, 0.717) is 22.7 Å². The van der Waals surface area contributed by atoms with Gasteiger partial charge in [-0.3, -0.25) is 4.79 Å². The van der Waals surface area contributed by atoms with E-state index in [1.807, 2.05) is 67.6 Å². The fraction of sp³-hybridized carbons (Fsp3) is 0.214. The summed E-state index contributed by atoms with van der Waals surface area (Å²) in [6, 6.07) is 21.0. The van der Waals surface area contributed by atoms with Crippen molar-refractivity contribution in [2.75, 3.05) is 5.32 Å². The van der Waals surface area contributed by atoms with Crippen molar-refractivity contribution in [2.45, 2.75) is 39.2 Å². The zero-order valence-electron chi connectivity index (χ0n) is 19.5. The molecule has 1 amide bonds. The van der Waals surface area contributed by atoms with Crippen LogP contribution in [0.15, 0.2) is 71.1 Å². The number of aryl methyl sites for hydroxylation is 2. The quantitative estimate of drug-likeness (QED) is 0.351. The molecule has 2 aromatic carbocycles. The molecule has 0 fully saturated rings. The van der Waals surface area contributed by atoms with Crippen LogP contribution in [0, 0.1) is 6.92 Å². The van der Waals surface area contributed by atoms with E-state index in [0.717, 1.165) is 59.7 Å². The van der Waals surface area contributed by atoms with Crippen LogP contribution in [0.2, 0.25) is 0 Å². The molecule has 0 atom stereocenters. The Labute approximate surface area is 202 Å². The van der Waals surface area contributed by atoms with Crippen LogP contribution in [0.5, 0.6) is 0 Å². The van der Waals surface area contributed by atoms with Crippen molar-refractivity contribution in [3.63, 3.8) is 0 Å². The lowest BCUT2D eigenvalue weighted by molar-refractivity contribution is 0.102. The smallest absolute Gasteiger partial charge is 0.256 e. The van der Waals surface area contributed by atoms with E-state index in [1.54, 1.807) is 6.07 Å². The summed E-state index contributed by atoms with van der Waals surface area (Å²) in [6.45, 7) is 2.81. The molecule has 1 aliphatic rings. The number of nitrogens with one attached hydrogen (secondary N) is 1. The van der Waals surface area contributed by atoms with Crippen molar-refractivity contribution in [2.24, 2.45) is 0 Å². The van der Waals surface area contributed by atoms with Crippen LogP contribution in [0.3, 0.4) is 0 Å². The highest BCUT2D eigenvalue weighted by molar-refractivity contribution is 6.13. The average molecular weight is 464 g/mol. The minimum absolute atomic E-state index is 0.203. The van der Waals surface area contributed by atoms with Gasteiger partial charge in [0.2, 0.25) is 0 Å². The largest absolute Gasteiger partial charge is 0.460 e. The fourth-order valence-corrected chi connectivity index (χ4v) is 4.69. The molecule has 0 bridgehead atoms. The molecule has 0 saturated carbocycles. The van der Waals surface area contributed by atoms with E-state index in [1.165, 1.54) is 6.42 Å². The van der Waals surface area contributed by atoms with E-state index in [2.05, 4.69) is 20.1 Å².